The number of piperidine rings is 1. The maximum atomic E-state index is 12.4. The summed E-state index contributed by atoms with van der Waals surface area (Å²) in [6.07, 6.45) is 4.14. The van der Waals surface area contributed by atoms with Crippen LogP contribution < -0.4 is 5.32 Å². The van der Waals surface area contributed by atoms with Gasteiger partial charge in [0.15, 0.2) is 5.13 Å². The zero-order chi connectivity index (χ0) is 19.3. The smallest absolute Gasteiger partial charge is 0.232 e. The van der Waals surface area contributed by atoms with E-state index in [1.807, 2.05) is 16.8 Å². The summed E-state index contributed by atoms with van der Waals surface area (Å²) in [4.78, 5) is 24.0. The van der Waals surface area contributed by atoms with E-state index in [4.69, 9.17) is 0 Å². The molecule has 0 unspecified atom stereocenters. The van der Waals surface area contributed by atoms with E-state index < -0.39 is 0 Å². The highest BCUT2D eigenvalue weighted by atomic mass is 32.1. The first kappa shape index (κ1) is 19.2. The van der Waals surface area contributed by atoms with Crippen LogP contribution in [0, 0.1) is 6.92 Å². The lowest BCUT2D eigenvalue weighted by Gasteiger charge is -2.25. The Kier molecular flexibility index (Phi) is 6.14. The van der Waals surface area contributed by atoms with Gasteiger partial charge in [-0.3, -0.25) is 9.69 Å². The number of carbonyl (C=O) groups is 1. The summed E-state index contributed by atoms with van der Waals surface area (Å²) in [6.45, 7) is 5.23. The number of likely N-dealkylation sites (tertiary alicyclic amines) is 1. The van der Waals surface area contributed by atoms with E-state index in [2.05, 4.69) is 45.3 Å². The van der Waals surface area contributed by atoms with Gasteiger partial charge in [0, 0.05) is 22.9 Å². The van der Waals surface area contributed by atoms with Crippen LogP contribution in [0.5, 0.6) is 0 Å². The molecule has 2 aromatic heterocycles. The number of rotatable bonds is 6. The molecule has 28 heavy (non-hydrogen) atoms. The second-order valence-electron chi connectivity index (χ2n) is 7.22. The van der Waals surface area contributed by atoms with Crippen LogP contribution in [-0.2, 0) is 17.8 Å². The van der Waals surface area contributed by atoms with Crippen LogP contribution in [0.1, 0.15) is 36.2 Å². The van der Waals surface area contributed by atoms with E-state index in [1.165, 1.54) is 36.2 Å². The normalized spacial score (nSPS) is 14.9. The highest BCUT2D eigenvalue weighted by Crippen LogP contribution is 2.25. The Morgan fingerprint density at radius 2 is 1.93 bits per heavy atom. The largest absolute Gasteiger partial charge is 0.302 e. The molecule has 0 radical (unpaired) electrons. The topological polar surface area (TPSA) is 58.1 Å². The molecule has 3 heterocycles. The molecule has 146 valence electrons. The summed E-state index contributed by atoms with van der Waals surface area (Å²) in [5.74, 6) is -0.0695. The maximum absolute atomic E-state index is 12.4. The average Bonchev–Trinajstić information content (AvgIpc) is 3.32. The second kappa shape index (κ2) is 8.94. The van der Waals surface area contributed by atoms with Crippen LogP contribution in [0.15, 0.2) is 35.0 Å². The fraction of sp³-hybridized carbons (Fsp3) is 0.381. The van der Waals surface area contributed by atoms with Gasteiger partial charge in [-0.05, 0) is 38.9 Å². The van der Waals surface area contributed by atoms with E-state index >= 15 is 0 Å². The first-order valence-corrected chi connectivity index (χ1v) is 11.4. The van der Waals surface area contributed by atoms with Gasteiger partial charge in [-0.15, -0.1) is 22.7 Å². The number of aromatic nitrogens is 2. The summed E-state index contributed by atoms with van der Waals surface area (Å²) in [5.41, 5.74) is 4.14. The fourth-order valence-electron chi connectivity index (χ4n) is 3.41. The van der Waals surface area contributed by atoms with Crippen LogP contribution in [0.3, 0.4) is 0 Å². The minimum Gasteiger partial charge on any atom is -0.302 e. The number of amides is 1. The van der Waals surface area contributed by atoms with Crippen molar-refractivity contribution in [2.45, 2.75) is 39.2 Å². The summed E-state index contributed by atoms with van der Waals surface area (Å²) in [6, 6.07) is 8.26. The van der Waals surface area contributed by atoms with Crippen molar-refractivity contribution in [1.29, 1.82) is 0 Å². The lowest BCUT2D eigenvalue weighted by Crippen LogP contribution is -2.29. The minimum atomic E-state index is -0.0695. The summed E-state index contributed by atoms with van der Waals surface area (Å²) in [5, 5.41) is 8.55. The molecule has 1 aliphatic heterocycles. The Balaban J connectivity index is 1.32. The van der Waals surface area contributed by atoms with Gasteiger partial charge in [0.05, 0.1) is 17.8 Å². The number of anilines is 1. The SMILES string of the molecule is Cc1cccc(-c2nc(CC(=O)Nc3nc(CN4CCCCC4)cs3)cs2)c1. The van der Waals surface area contributed by atoms with Crippen molar-refractivity contribution in [3.05, 3.63) is 52.0 Å². The molecule has 0 bridgehead atoms. The predicted octanol–water partition coefficient (Wildman–Crippen LogP) is 4.74. The molecule has 1 amide bonds. The summed E-state index contributed by atoms with van der Waals surface area (Å²) in [7, 11) is 0. The molecule has 1 saturated heterocycles. The number of carbonyl (C=O) groups excluding carboxylic acids is 1. The Bertz CT molecular complexity index is 943. The van der Waals surface area contributed by atoms with Crippen molar-refractivity contribution in [3.63, 3.8) is 0 Å². The van der Waals surface area contributed by atoms with Crippen molar-refractivity contribution in [1.82, 2.24) is 14.9 Å². The van der Waals surface area contributed by atoms with Gasteiger partial charge in [-0.1, -0.05) is 30.2 Å². The molecule has 1 fully saturated rings. The number of hydrogen-bond acceptors (Lipinski definition) is 6. The van der Waals surface area contributed by atoms with Gasteiger partial charge in [0.2, 0.25) is 5.91 Å². The molecule has 4 rings (SSSR count). The molecular formula is C21H24N4OS2. The Morgan fingerprint density at radius 3 is 2.75 bits per heavy atom. The van der Waals surface area contributed by atoms with Gasteiger partial charge >= 0.3 is 0 Å². The number of aryl methyl sites for hydroxylation is 1. The van der Waals surface area contributed by atoms with E-state index in [1.54, 1.807) is 11.3 Å². The van der Waals surface area contributed by atoms with Crippen molar-refractivity contribution in [3.8, 4) is 10.6 Å². The van der Waals surface area contributed by atoms with Crippen molar-refractivity contribution >= 4 is 33.7 Å². The maximum Gasteiger partial charge on any atom is 0.232 e. The third-order valence-electron chi connectivity index (χ3n) is 4.79. The third-order valence-corrected chi connectivity index (χ3v) is 6.54. The highest BCUT2D eigenvalue weighted by molar-refractivity contribution is 7.14. The van der Waals surface area contributed by atoms with Crippen LogP contribution in [0.25, 0.3) is 10.6 Å². The van der Waals surface area contributed by atoms with Crippen LogP contribution >= 0.6 is 22.7 Å². The summed E-state index contributed by atoms with van der Waals surface area (Å²) < 4.78 is 0. The molecule has 3 aromatic rings. The van der Waals surface area contributed by atoms with Crippen molar-refractivity contribution in [2.24, 2.45) is 0 Å². The second-order valence-corrected chi connectivity index (χ2v) is 8.94. The third kappa shape index (κ3) is 5.04. The van der Waals surface area contributed by atoms with E-state index in [9.17, 15) is 4.79 Å². The van der Waals surface area contributed by atoms with Gasteiger partial charge in [-0.25, -0.2) is 9.97 Å². The molecule has 0 aliphatic carbocycles. The molecular weight excluding hydrogens is 388 g/mol. The monoisotopic (exact) mass is 412 g/mol. The predicted molar refractivity (Wildman–Crippen MR) is 116 cm³/mol. The highest BCUT2D eigenvalue weighted by Gasteiger charge is 2.14. The zero-order valence-corrected chi connectivity index (χ0v) is 17.6. The van der Waals surface area contributed by atoms with E-state index in [0.29, 0.717) is 5.13 Å². The van der Waals surface area contributed by atoms with Crippen molar-refractivity contribution in [2.75, 3.05) is 18.4 Å². The number of nitrogens with one attached hydrogen (secondary N) is 1. The first-order valence-electron chi connectivity index (χ1n) is 9.64. The molecule has 0 spiro atoms. The number of benzene rings is 1. The molecule has 0 saturated carbocycles. The van der Waals surface area contributed by atoms with Crippen LogP contribution in [-0.4, -0.2) is 33.9 Å². The van der Waals surface area contributed by atoms with Crippen LogP contribution in [0.2, 0.25) is 0 Å². The molecule has 5 nitrogen and oxygen atoms in total. The lowest BCUT2D eigenvalue weighted by molar-refractivity contribution is -0.115. The molecule has 1 aliphatic rings. The number of hydrogen-bond donors (Lipinski definition) is 1. The standard InChI is InChI=1S/C21H24N4OS2/c1-15-6-5-7-16(10-15)20-22-17(13-27-20)11-19(26)24-21-23-18(14-28-21)12-25-8-3-2-4-9-25/h5-7,10,13-14H,2-4,8-9,11-12H2,1H3,(H,23,24,26). The summed E-state index contributed by atoms with van der Waals surface area (Å²) >= 11 is 3.07. The van der Waals surface area contributed by atoms with Gasteiger partial charge in [0.25, 0.3) is 0 Å². The van der Waals surface area contributed by atoms with Crippen LogP contribution in [0.4, 0.5) is 5.13 Å². The van der Waals surface area contributed by atoms with Gasteiger partial charge < -0.3 is 5.32 Å². The Labute approximate surface area is 173 Å². The zero-order valence-electron chi connectivity index (χ0n) is 16.0. The van der Waals surface area contributed by atoms with Gasteiger partial charge in [0.1, 0.15) is 5.01 Å². The fourth-order valence-corrected chi connectivity index (χ4v) is 4.94. The molecule has 7 heteroatoms. The average molecular weight is 413 g/mol. The molecule has 0 atom stereocenters. The van der Waals surface area contributed by atoms with Gasteiger partial charge in [-0.2, -0.15) is 0 Å². The van der Waals surface area contributed by atoms with E-state index in [0.717, 1.165) is 41.6 Å². The number of nitrogens with zero attached hydrogens (tertiary/aromatic N) is 3. The minimum absolute atomic E-state index is 0.0695. The first-order chi connectivity index (χ1) is 13.7. The molecule has 1 N–H and O–H groups in total. The lowest BCUT2D eigenvalue weighted by atomic mass is 10.1. The number of thiazole rings is 2. The van der Waals surface area contributed by atoms with Crippen molar-refractivity contribution < 1.29 is 4.79 Å². The molecule has 1 aromatic carbocycles. The Hall–Kier alpha value is -2.09. The van der Waals surface area contributed by atoms with E-state index in [-0.39, 0.29) is 12.3 Å². The quantitative estimate of drug-likeness (QED) is 0.635. The Morgan fingerprint density at radius 1 is 1.11 bits per heavy atom.